The highest BCUT2D eigenvalue weighted by atomic mass is 19.3. The van der Waals surface area contributed by atoms with E-state index >= 15 is 0 Å². The lowest BCUT2D eigenvalue weighted by molar-refractivity contribution is 0.0521. The lowest BCUT2D eigenvalue weighted by atomic mass is 10.4. The molecule has 12 heavy (non-hydrogen) atoms. The fourth-order valence-corrected chi connectivity index (χ4v) is 0.660. The molecule has 1 aromatic rings. The number of rotatable bonds is 2. The molecule has 1 heterocycles. The fourth-order valence-electron chi connectivity index (χ4n) is 0.660. The summed E-state index contributed by atoms with van der Waals surface area (Å²) in [4.78, 5) is 10.7. The average Bonchev–Trinajstić information content (AvgIpc) is 2.51. The second kappa shape index (κ2) is 3.29. The molecule has 0 aliphatic carbocycles. The molecule has 0 radical (unpaired) electrons. The van der Waals surface area contributed by atoms with E-state index in [4.69, 9.17) is 0 Å². The summed E-state index contributed by atoms with van der Waals surface area (Å²) in [6.45, 7) is -2.73. The first kappa shape index (κ1) is 8.63. The zero-order valence-corrected chi connectivity index (χ0v) is 6.20. The van der Waals surface area contributed by atoms with Crippen LogP contribution < -0.4 is 0 Å². The lowest BCUT2D eigenvalue weighted by Gasteiger charge is -1.96. The largest absolute Gasteiger partial charge is 0.464 e. The van der Waals surface area contributed by atoms with Crippen LogP contribution in [0.1, 0.15) is 17.0 Å². The van der Waals surface area contributed by atoms with E-state index in [1.54, 1.807) is 0 Å². The molecular weight excluding hydrogens is 170 g/mol. The predicted octanol–water partition coefficient (Wildman–Crippen LogP) is 1.06. The second-order valence-corrected chi connectivity index (χ2v) is 1.95. The minimum absolute atomic E-state index is 0.127. The van der Waals surface area contributed by atoms with Crippen LogP contribution in [0.25, 0.3) is 0 Å². The maximum Gasteiger partial charge on any atom is 0.358 e. The Morgan fingerprint density at radius 2 is 2.42 bits per heavy atom. The summed E-state index contributed by atoms with van der Waals surface area (Å²) >= 11 is 0. The van der Waals surface area contributed by atoms with Crippen molar-refractivity contribution in [3.8, 4) is 0 Å². The van der Waals surface area contributed by atoms with Gasteiger partial charge in [0.05, 0.1) is 7.11 Å². The smallest absolute Gasteiger partial charge is 0.358 e. The molecule has 0 aromatic carbocycles. The van der Waals surface area contributed by atoms with E-state index in [9.17, 15) is 13.6 Å². The Balaban J connectivity index is 2.84. The predicted molar refractivity (Wildman–Crippen MR) is 34.8 cm³/mol. The Bertz CT molecular complexity index is 285. The highest BCUT2D eigenvalue weighted by Crippen LogP contribution is 2.08. The highest BCUT2D eigenvalue weighted by Gasteiger charge is 2.12. The van der Waals surface area contributed by atoms with Crippen molar-refractivity contribution in [1.82, 2.24) is 9.78 Å². The van der Waals surface area contributed by atoms with Crippen molar-refractivity contribution in [2.24, 2.45) is 0 Å². The first-order chi connectivity index (χ1) is 5.65. The van der Waals surface area contributed by atoms with Gasteiger partial charge in [-0.05, 0) is 6.07 Å². The third-order valence-corrected chi connectivity index (χ3v) is 1.20. The average molecular weight is 176 g/mol. The Morgan fingerprint density at radius 1 is 1.75 bits per heavy atom. The third-order valence-electron chi connectivity index (χ3n) is 1.20. The topological polar surface area (TPSA) is 44.1 Å². The number of alkyl halides is 2. The van der Waals surface area contributed by atoms with Crippen LogP contribution >= 0.6 is 0 Å². The van der Waals surface area contributed by atoms with Gasteiger partial charge in [0.2, 0.25) is 0 Å². The number of halogens is 2. The molecule has 0 bridgehead atoms. The number of nitrogens with zero attached hydrogens (tertiary/aromatic N) is 2. The summed E-state index contributed by atoms with van der Waals surface area (Å²) in [6, 6.07) is 1.16. The summed E-state index contributed by atoms with van der Waals surface area (Å²) in [5, 5.41) is 3.27. The van der Waals surface area contributed by atoms with Crippen molar-refractivity contribution in [2.75, 3.05) is 7.11 Å². The molecule has 6 heteroatoms. The van der Waals surface area contributed by atoms with Gasteiger partial charge in [0, 0.05) is 6.20 Å². The maximum absolute atomic E-state index is 11.9. The van der Waals surface area contributed by atoms with E-state index in [-0.39, 0.29) is 5.69 Å². The summed E-state index contributed by atoms with van der Waals surface area (Å²) in [7, 11) is 1.16. The number of esters is 1. The molecule has 66 valence electrons. The molecule has 0 saturated heterocycles. The number of carbonyl (C=O) groups excluding carboxylic acids is 1. The van der Waals surface area contributed by atoms with Crippen molar-refractivity contribution < 1.29 is 18.3 Å². The molecule has 0 amide bonds. The number of carbonyl (C=O) groups is 1. The van der Waals surface area contributed by atoms with Crippen LogP contribution in [0, 0.1) is 0 Å². The monoisotopic (exact) mass is 176 g/mol. The summed E-state index contributed by atoms with van der Waals surface area (Å²) in [5.41, 5.74) is -0.127. The van der Waals surface area contributed by atoms with Crippen molar-refractivity contribution in [1.29, 1.82) is 0 Å². The fraction of sp³-hybridized carbons (Fsp3) is 0.333. The van der Waals surface area contributed by atoms with E-state index in [1.165, 1.54) is 0 Å². The standard InChI is InChI=1S/C6H6F2N2O2/c1-12-5(11)4-2-3-10(9-4)6(7)8/h2-3,6H,1H3. The zero-order valence-electron chi connectivity index (χ0n) is 6.20. The Labute approximate surface area is 66.7 Å². The van der Waals surface area contributed by atoms with Gasteiger partial charge in [-0.1, -0.05) is 0 Å². The van der Waals surface area contributed by atoms with Gasteiger partial charge in [0.1, 0.15) is 0 Å². The first-order valence-electron chi connectivity index (χ1n) is 3.06. The van der Waals surface area contributed by atoms with Crippen molar-refractivity contribution in [3.63, 3.8) is 0 Å². The van der Waals surface area contributed by atoms with Crippen molar-refractivity contribution in [2.45, 2.75) is 6.55 Å². The number of methoxy groups -OCH3 is 1. The zero-order chi connectivity index (χ0) is 9.14. The van der Waals surface area contributed by atoms with Gasteiger partial charge >= 0.3 is 12.5 Å². The first-order valence-corrected chi connectivity index (χ1v) is 3.06. The van der Waals surface area contributed by atoms with Crippen molar-refractivity contribution in [3.05, 3.63) is 18.0 Å². The summed E-state index contributed by atoms with van der Waals surface area (Å²) in [5.74, 6) is -0.727. The molecule has 0 aliphatic rings. The van der Waals surface area contributed by atoms with E-state index in [1.807, 2.05) is 0 Å². The van der Waals surface area contributed by atoms with E-state index in [2.05, 4.69) is 9.84 Å². The normalized spacial score (nSPS) is 10.3. The van der Waals surface area contributed by atoms with Crippen LogP contribution in [0.5, 0.6) is 0 Å². The van der Waals surface area contributed by atoms with Gasteiger partial charge in [-0.25, -0.2) is 9.48 Å². The molecular formula is C6H6F2N2O2. The number of ether oxygens (including phenoxy) is 1. The van der Waals surface area contributed by atoms with E-state index in [0.29, 0.717) is 4.68 Å². The minimum Gasteiger partial charge on any atom is -0.464 e. The highest BCUT2D eigenvalue weighted by molar-refractivity contribution is 5.86. The lowest BCUT2D eigenvalue weighted by Crippen LogP contribution is -2.05. The van der Waals surface area contributed by atoms with Crippen molar-refractivity contribution >= 4 is 5.97 Å². The summed E-state index contributed by atoms with van der Waals surface area (Å²) < 4.78 is 28.4. The molecule has 0 aliphatic heterocycles. The van der Waals surface area contributed by atoms with Crippen LogP contribution in [0.15, 0.2) is 12.3 Å². The van der Waals surface area contributed by atoms with Gasteiger partial charge in [-0.2, -0.15) is 13.9 Å². The second-order valence-electron chi connectivity index (χ2n) is 1.95. The Kier molecular flexibility index (Phi) is 2.37. The minimum atomic E-state index is -2.73. The number of hydrogen-bond donors (Lipinski definition) is 0. The SMILES string of the molecule is COC(=O)c1ccn(C(F)F)n1. The van der Waals surface area contributed by atoms with E-state index < -0.39 is 12.5 Å². The maximum atomic E-state index is 11.9. The Hall–Kier alpha value is -1.46. The van der Waals surface area contributed by atoms with Gasteiger partial charge in [0.25, 0.3) is 0 Å². The molecule has 0 saturated carbocycles. The molecule has 0 N–H and O–H groups in total. The number of aromatic nitrogens is 2. The van der Waals surface area contributed by atoms with Crippen LogP contribution in [0.3, 0.4) is 0 Å². The quantitative estimate of drug-likeness (QED) is 0.633. The van der Waals surface area contributed by atoms with Gasteiger partial charge in [0.15, 0.2) is 5.69 Å². The molecule has 0 spiro atoms. The van der Waals surface area contributed by atoms with Gasteiger partial charge < -0.3 is 4.74 Å². The molecule has 0 atom stereocenters. The van der Waals surface area contributed by atoms with Crippen LogP contribution in [0.2, 0.25) is 0 Å². The van der Waals surface area contributed by atoms with Crippen LogP contribution in [-0.4, -0.2) is 22.9 Å². The molecule has 1 aromatic heterocycles. The third kappa shape index (κ3) is 1.58. The Morgan fingerprint density at radius 3 is 2.83 bits per heavy atom. The number of hydrogen-bond acceptors (Lipinski definition) is 3. The van der Waals surface area contributed by atoms with Crippen LogP contribution in [0.4, 0.5) is 8.78 Å². The molecule has 0 unspecified atom stereocenters. The molecule has 1 rings (SSSR count). The van der Waals surface area contributed by atoms with Gasteiger partial charge in [-0.3, -0.25) is 0 Å². The molecule has 0 fully saturated rings. The molecule has 4 nitrogen and oxygen atoms in total. The van der Waals surface area contributed by atoms with E-state index in [0.717, 1.165) is 19.4 Å². The van der Waals surface area contributed by atoms with Crippen LogP contribution in [-0.2, 0) is 4.74 Å². The van der Waals surface area contributed by atoms with Gasteiger partial charge in [-0.15, -0.1) is 0 Å². The summed E-state index contributed by atoms with van der Waals surface area (Å²) in [6.07, 6.45) is 1.01.